The Hall–Kier alpha value is -2.85. The summed E-state index contributed by atoms with van der Waals surface area (Å²) in [6.07, 6.45) is 0. The zero-order valence-electron chi connectivity index (χ0n) is 14.8. The highest BCUT2D eigenvalue weighted by atomic mass is 35.5. The molecule has 0 fully saturated rings. The van der Waals surface area contributed by atoms with Crippen LogP contribution in [-0.4, -0.2) is 13.2 Å². The summed E-state index contributed by atoms with van der Waals surface area (Å²) in [6.45, 7) is 2.32. The van der Waals surface area contributed by atoms with Gasteiger partial charge in [-0.1, -0.05) is 41.9 Å². The lowest BCUT2D eigenvalue weighted by Gasteiger charge is -2.19. The van der Waals surface area contributed by atoms with E-state index < -0.39 is 0 Å². The molecular formula is C22H20ClNO3. The second-order valence-electron chi connectivity index (χ2n) is 6.23. The van der Waals surface area contributed by atoms with Gasteiger partial charge in [-0.25, -0.2) is 0 Å². The van der Waals surface area contributed by atoms with Gasteiger partial charge in [0.25, 0.3) is 0 Å². The fraction of sp³-hybridized carbons (Fsp3) is 0.182. The van der Waals surface area contributed by atoms with Crippen molar-refractivity contribution in [2.75, 3.05) is 18.5 Å². The fourth-order valence-electron chi connectivity index (χ4n) is 2.88. The van der Waals surface area contributed by atoms with E-state index in [1.165, 1.54) is 0 Å². The number of ether oxygens (including phenoxy) is 3. The number of rotatable bonds is 6. The number of benzene rings is 3. The molecule has 0 bridgehead atoms. The van der Waals surface area contributed by atoms with E-state index in [1.54, 1.807) is 0 Å². The Balaban J connectivity index is 1.41. The van der Waals surface area contributed by atoms with E-state index in [9.17, 15) is 0 Å². The first-order valence-corrected chi connectivity index (χ1v) is 9.24. The van der Waals surface area contributed by atoms with Crippen LogP contribution in [0.4, 0.5) is 5.69 Å². The van der Waals surface area contributed by atoms with E-state index in [1.807, 2.05) is 60.7 Å². The van der Waals surface area contributed by atoms with E-state index >= 15 is 0 Å². The number of anilines is 1. The Bertz CT molecular complexity index is 912. The van der Waals surface area contributed by atoms with Gasteiger partial charge in [-0.2, -0.15) is 0 Å². The molecule has 0 atom stereocenters. The van der Waals surface area contributed by atoms with Crippen molar-refractivity contribution in [2.24, 2.45) is 0 Å². The van der Waals surface area contributed by atoms with Gasteiger partial charge in [-0.15, -0.1) is 0 Å². The average Bonchev–Trinajstić information content (AvgIpc) is 2.72. The predicted octanol–water partition coefficient (Wildman–Crippen LogP) is 5.30. The molecule has 0 aliphatic carbocycles. The summed E-state index contributed by atoms with van der Waals surface area (Å²) in [5.74, 6) is 2.43. The monoisotopic (exact) mass is 381 g/mol. The zero-order chi connectivity index (χ0) is 18.5. The first-order chi connectivity index (χ1) is 13.3. The molecule has 1 N–H and O–H groups in total. The van der Waals surface area contributed by atoms with Crippen LogP contribution in [0.3, 0.4) is 0 Å². The van der Waals surface area contributed by atoms with E-state index in [0.29, 0.717) is 26.4 Å². The molecule has 1 aliphatic rings. The summed E-state index contributed by atoms with van der Waals surface area (Å²) < 4.78 is 17.2. The number of nitrogens with one attached hydrogen (secondary N) is 1. The van der Waals surface area contributed by atoms with Gasteiger partial charge >= 0.3 is 0 Å². The lowest BCUT2D eigenvalue weighted by Crippen LogP contribution is -2.15. The van der Waals surface area contributed by atoms with Gasteiger partial charge in [-0.3, -0.25) is 0 Å². The van der Waals surface area contributed by atoms with E-state index in [2.05, 4.69) is 11.4 Å². The third-order valence-corrected chi connectivity index (χ3v) is 4.56. The molecular weight excluding hydrogens is 362 g/mol. The average molecular weight is 382 g/mol. The van der Waals surface area contributed by atoms with Crippen LogP contribution in [0.25, 0.3) is 0 Å². The minimum Gasteiger partial charge on any atom is -0.489 e. The van der Waals surface area contributed by atoms with E-state index in [-0.39, 0.29) is 0 Å². The summed E-state index contributed by atoms with van der Waals surface area (Å²) in [5.41, 5.74) is 3.14. The van der Waals surface area contributed by atoms with Gasteiger partial charge < -0.3 is 19.5 Å². The number of fused-ring (bicyclic) bond motifs is 1. The molecule has 0 saturated heterocycles. The molecule has 0 radical (unpaired) electrons. The van der Waals surface area contributed by atoms with Crippen LogP contribution in [0.15, 0.2) is 66.7 Å². The van der Waals surface area contributed by atoms with Gasteiger partial charge in [0.2, 0.25) is 0 Å². The third-order valence-electron chi connectivity index (χ3n) is 4.31. The van der Waals surface area contributed by atoms with Gasteiger partial charge in [-0.05, 0) is 35.9 Å². The summed E-state index contributed by atoms with van der Waals surface area (Å²) in [7, 11) is 0. The van der Waals surface area contributed by atoms with Crippen molar-refractivity contribution in [1.29, 1.82) is 0 Å². The van der Waals surface area contributed by atoms with Gasteiger partial charge in [0.1, 0.15) is 25.6 Å². The number of hydrogen-bond donors (Lipinski definition) is 1. The van der Waals surface area contributed by atoms with Crippen molar-refractivity contribution in [3.05, 3.63) is 82.9 Å². The minimum atomic E-state index is 0.498. The molecule has 4 rings (SSSR count). The van der Waals surface area contributed by atoms with Crippen LogP contribution in [0.2, 0.25) is 5.02 Å². The maximum Gasteiger partial charge on any atom is 0.163 e. The van der Waals surface area contributed by atoms with Gasteiger partial charge in [0.15, 0.2) is 11.5 Å². The molecule has 0 saturated carbocycles. The maximum absolute atomic E-state index is 6.01. The molecule has 27 heavy (non-hydrogen) atoms. The minimum absolute atomic E-state index is 0.498. The van der Waals surface area contributed by atoms with E-state index in [0.717, 1.165) is 39.1 Å². The van der Waals surface area contributed by atoms with Crippen molar-refractivity contribution in [2.45, 2.75) is 13.2 Å². The van der Waals surface area contributed by atoms with Gasteiger partial charge in [0, 0.05) is 28.9 Å². The molecule has 3 aromatic rings. The molecule has 0 aromatic heterocycles. The molecule has 3 aromatic carbocycles. The molecule has 0 amide bonds. The third kappa shape index (κ3) is 4.47. The fourth-order valence-corrected chi connectivity index (χ4v) is 3.01. The Kier molecular flexibility index (Phi) is 5.35. The van der Waals surface area contributed by atoms with Crippen molar-refractivity contribution in [1.82, 2.24) is 0 Å². The normalized spacial score (nSPS) is 12.5. The highest BCUT2D eigenvalue weighted by Gasteiger charge is 2.12. The number of hydrogen-bond acceptors (Lipinski definition) is 4. The summed E-state index contributed by atoms with van der Waals surface area (Å²) in [4.78, 5) is 0. The second kappa shape index (κ2) is 8.23. The standard InChI is InChI=1S/C22H20ClNO3/c23-18-7-5-16(6-8-18)15-27-20-4-2-1-3-17(20)14-24-19-9-10-21-22(13-19)26-12-11-25-21/h1-10,13,24H,11-12,14-15H2. The van der Waals surface area contributed by atoms with Crippen molar-refractivity contribution in [3.8, 4) is 17.2 Å². The molecule has 4 nitrogen and oxygen atoms in total. The van der Waals surface area contributed by atoms with Crippen LogP contribution >= 0.6 is 11.6 Å². The topological polar surface area (TPSA) is 39.7 Å². The van der Waals surface area contributed by atoms with Crippen molar-refractivity contribution in [3.63, 3.8) is 0 Å². The summed E-state index contributed by atoms with van der Waals surface area (Å²) >= 11 is 5.93. The van der Waals surface area contributed by atoms with Crippen LogP contribution in [0, 0.1) is 0 Å². The molecule has 0 spiro atoms. The Morgan fingerprint density at radius 2 is 1.67 bits per heavy atom. The second-order valence-corrected chi connectivity index (χ2v) is 6.67. The number of halogens is 1. The largest absolute Gasteiger partial charge is 0.489 e. The van der Waals surface area contributed by atoms with Crippen LogP contribution in [0.1, 0.15) is 11.1 Å². The van der Waals surface area contributed by atoms with Crippen LogP contribution in [-0.2, 0) is 13.2 Å². The smallest absolute Gasteiger partial charge is 0.163 e. The Morgan fingerprint density at radius 1 is 0.889 bits per heavy atom. The molecule has 0 unspecified atom stereocenters. The molecule has 5 heteroatoms. The van der Waals surface area contributed by atoms with Crippen molar-refractivity contribution >= 4 is 17.3 Å². The lowest BCUT2D eigenvalue weighted by atomic mass is 10.2. The predicted molar refractivity (Wildman–Crippen MR) is 107 cm³/mol. The highest BCUT2D eigenvalue weighted by Crippen LogP contribution is 2.33. The highest BCUT2D eigenvalue weighted by molar-refractivity contribution is 6.30. The van der Waals surface area contributed by atoms with Gasteiger partial charge in [0.05, 0.1) is 0 Å². The first kappa shape index (κ1) is 17.6. The molecule has 1 heterocycles. The Morgan fingerprint density at radius 3 is 2.52 bits per heavy atom. The van der Waals surface area contributed by atoms with Crippen LogP contribution in [0.5, 0.6) is 17.2 Å². The SMILES string of the molecule is Clc1ccc(COc2ccccc2CNc2ccc3c(c2)OCCO3)cc1. The zero-order valence-corrected chi connectivity index (χ0v) is 15.5. The maximum atomic E-state index is 6.01. The lowest BCUT2D eigenvalue weighted by molar-refractivity contribution is 0.171. The number of para-hydroxylation sites is 1. The molecule has 138 valence electrons. The summed E-state index contributed by atoms with van der Waals surface area (Å²) in [5, 5.41) is 4.15. The van der Waals surface area contributed by atoms with E-state index in [4.69, 9.17) is 25.8 Å². The molecule has 1 aliphatic heterocycles. The van der Waals surface area contributed by atoms with Crippen molar-refractivity contribution < 1.29 is 14.2 Å². The summed E-state index contributed by atoms with van der Waals surface area (Å²) in [6, 6.07) is 21.6. The Labute approximate surface area is 163 Å². The van der Waals surface area contributed by atoms with Crippen LogP contribution < -0.4 is 19.5 Å². The first-order valence-electron chi connectivity index (χ1n) is 8.86. The quantitative estimate of drug-likeness (QED) is 0.628.